The van der Waals surface area contributed by atoms with E-state index in [4.69, 9.17) is 11.6 Å². The molecule has 0 fully saturated rings. The summed E-state index contributed by atoms with van der Waals surface area (Å²) >= 11 is 5.79. The van der Waals surface area contributed by atoms with E-state index in [0.29, 0.717) is 22.0 Å². The zero-order chi connectivity index (χ0) is 8.55. The molecule has 2 heterocycles. The minimum absolute atomic E-state index is 0.366. The molecule has 2 aromatic rings. The minimum atomic E-state index is 0.366. The molecule has 4 nitrogen and oxygen atoms in total. The largest absolute Gasteiger partial charge is 0.242 e. The molecule has 2 aromatic heterocycles. The van der Waals surface area contributed by atoms with Crippen LogP contribution in [-0.2, 0) is 0 Å². The first-order valence-corrected chi connectivity index (χ1v) is 3.77. The summed E-state index contributed by atoms with van der Waals surface area (Å²) in [5.74, 6) is 0.595. The minimum Gasteiger partial charge on any atom is -0.242 e. The van der Waals surface area contributed by atoms with E-state index in [2.05, 4.69) is 20.2 Å². The van der Waals surface area contributed by atoms with Crippen LogP contribution in [0.3, 0.4) is 0 Å². The predicted octanol–water partition coefficient (Wildman–Crippen LogP) is 1.38. The van der Waals surface area contributed by atoms with Gasteiger partial charge in [0.25, 0.3) is 0 Å². The summed E-state index contributed by atoms with van der Waals surface area (Å²) in [5, 5.41) is 8.07. The van der Waals surface area contributed by atoms with E-state index >= 15 is 0 Å². The molecule has 0 aliphatic heterocycles. The number of fused-ring (bicyclic) bond motifs is 1. The van der Waals surface area contributed by atoms with E-state index in [1.165, 1.54) is 0 Å². The number of hydrogen-bond acceptors (Lipinski definition) is 4. The van der Waals surface area contributed by atoms with Crippen LogP contribution in [-0.4, -0.2) is 20.2 Å². The summed E-state index contributed by atoms with van der Waals surface area (Å²) < 4.78 is 0. The van der Waals surface area contributed by atoms with Crippen LogP contribution in [0.4, 0.5) is 0 Å². The van der Waals surface area contributed by atoms with Crippen molar-refractivity contribution >= 4 is 22.6 Å². The van der Waals surface area contributed by atoms with Gasteiger partial charge in [0.05, 0.1) is 0 Å². The fourth-order valence-electron chi connectivity index (χ4n) is 0.914. The van der Waals surface area contributed by atoms with Crippen molar-refractivity contribution in [2.24, 2.45) is 0 Å². The molecule has 0 aliphatic rings. The Morgan fingerprint density at radius 2 is 2.17 bits per heavy atom. The number of aromatic nitrogens is 4. The third-order valence-electron chi connectivity index (χ3n) is 1.43. The lowest BCUT2D eigenvalue weighted by molar-refractivity contribution is 0.949. The molecule has 60 valence electrons. The van der Waals surface area contributed by atoms with Gasteiger partial charge in [-0.1, -0.05) is 11.6 Å². The smallest absolute Gasteiger partial charge is 0.156 e. The van der Waals surface area contributed by atoms with E-state index < -0.39 is 0 Å². The van der Waals surface area contributed by atoms with E-state index in [1.54, 1.807) is 19.2 Å². The van der Waals surface area contributed by atoms with Crippen LogP contribution < -0.4 is 0 Å². The van der Waals surface area contributed by atoms with Crippen molar-refractivity contribution in [3.05, 3.63) is 23.2 Å². The van der Waals surface area contributed by atoms with Gasteiger partial charge in [-0.15, -0.1) is 10.2 Å². The van der Waals surface area contributed by atoms with Gasteiger partial charge in [-0.2, -0.15) is 0 Å². The highest BCUT2D eigenvalue weighted by Gasteiger charge is 2.02. The lowest BCUT2D eigenvalue weighted by atomic mass is 10.4. The SMILES string of the molecule is Cc1nnc2ccnc(Cl)c2n1. The zero-order valence-corrected chi connectivity index (χ0v) is 7.08. The lowest BCUT2D eigenvalue weighted by Gasteiger charge is -1.96. The monoisotopic (exact) mass is 180 g/mol. The average molecular weight is 181 g/mol. The quantitative estimate of drug-likeness (QED) is 0.575. The van der Waals surface area contributed by atoms with Crippen molar-refractivity contribution in [3.63, 3.8) is 0 Å². The summed E-state index contributed by atoms with van der Waals surface area (Å²) in [6, 6.07) is 1.72. The summed E-state index contributed by atoms with van der Waals surface area (Å²) in [7, 11) is 0. The normalized spacial score (nSPS) is 10.5. The van der Waals surface area contributed by atoms with Gasteiger partial charge in [0.1, 0.15) is 16.9 Å². The summed E-state index contributed by atoms with van der Waals surface area (Å²) in [5.41, 5.74) is 1.27. The van der Waals surface area contributed by atoms with Gasteiger partial charge in [-0.3, -0.25) is 0 Å². The van der Waals surface area contributed by atoms with Gasteiger partial charge in [0.15, 0.2) is 5.15 Å². The second kappa shape index (κ2) is 2.64. The highest BCUT2D eigenvalue weighted by atomic mass is 35.5. The Morgan fingerprint density at radius 1 is 1.33 bits per heavy atom. The fourth-order valence-corrected chi connectivity index (χ4v) is 1.11. The summed E-state index contributed by atoms with van der Waals surface area (Å²) in [6.07, 6.45) is 1.58. The first kappa shape index (κ1) is 7.36. The number of pyridine rings is 1. The van der Waals surface area contributed by atoms with Gasteiger partial charge in [0, 0.05) is 6.20 Å². The van der Waals surface area contributed by atoms with E-state index in [-0.39, 0.29) is 0 Å². The number of rotatable bonds is 0. The van der Waals surface area contributed by atoms with Crippen LogP contribution in [0.15, 0.2) is 12.3 Å². The van der Waals surface area contributed by atoms with E-state index in [1.807, 2.05) is 0 Å². The molecule has 0 radical (unpaired) electrons. The van der Waals surface area contributed by atoms with Crippen LogP contribution in [0.2, 0.25) is 5.15 Å². The molecule has 12 heavy (non-hydrogen) atoms. The third-order valence-corrected chi connectivity index (χ3v) is 1.71. The van der Waals surface area contributed by atoms with Gasteiger partial charge >= 0.3 is 0 Å². The highest BCUT2D eigenvalue weighted by Crippen LogP contribution is 2.15. The van der Waals surface area contributed by atoms with Gasteiger partial charge in [-0.05, 0) is 13.0 Å². The molecule has 0 N–H and O–H groups in total. The van der Waals surface area contributed by atoms with Crippen LogP contribution >= 0.6 is 11.6 Å². The molecule has 0 unspecified atom stereocenters. The second-order valence-electron chi connectivity index (χ2n) is 2.33. The van der Waals surface area contributed by atoms with E-state index in [0.717, 1.165) is 0 Å². The standard InChI is InChI=1S/C7H5ClN4/c1-4-10-6-5(12-11-4)2-3-9-7(6)8/h2-3H,1H3. The maximum Gasteiger partial charge on any atom is 0.156 e. The molecule has 2 rings (SSSR count). The molecule has 0 atom stereocenters. The average Bonchev–Trinajstić information content (AvgIpc) is 2.07. The number of halogens is 1. The van der Waals surface area contributed by atoms with Crippen LogP contribution in [0.1, 0.15) is 5.82 Å². The molecule has 0 saturated heterocycles. The topological polar surface area (TPSA) is 51.6 Å². The molecule has 0 aliphatic carbocycles. The second-order valence-corrected chi connectivity index (χ2v) is 2.69. The first-order valence-electron chi connectivity index (χ1n) is 3.39. The van der Waals surface area contributed by atoms with Gasteiger partial charge in [0.2, 0.25) is 0 Å². The Hall–Kier alpha value is -1.29. The molecule has 0 bridgehead atoms. The molecular weight excluding hydrogens is 176 g/mol. The summed E-state index contributed by atoms with van der Waals surface area (Å²) in [4.78, 5) is 7.99. The van der Waals surface area contributed by atoms with Crippen molar-refractivity contribution in [2.45, 2.75) is 6.92 Å². The van der Waals surface area contributed by atoms with Crippen molar-refractivity contribution in [3.8, 4) is 0 Å². The van der Waals surface area contributed by atoms with Gasteiger partial charge < -0.3 is 0 Å². The van der Waals surface area contributed by atoms with Crippen LogP contribution in [0.25, 0.3) is 11.0 Å². The fraction of sp³-hybridized carbons (Fsp3) is 0.143. The molecule has 0 aromatic carbocycles. The van der Waals surface area contributed by atoms with Crippen LogP contribution in [0.5, 0.6) is 0 Å². The molecule has 0 spiro atoms. The molecule has 5 heteroatoms. The van der Waals surface area contributed by atoms with Crippen molar-refractivity contribution in [1.29, 1.82) is 0 Å². The Kier molecular flexibility index (Phi) is 1.62. The Labute approximate surface area is 73.6 Å². The van der Waals surface area contributed by atoms with Gasteiger partial charge in [-0.25, -0.2) is 9.97 Å². The van der Waals surface area contributed by atoms with Crippen molar-refractivity contribution < 1.29 is 0 Å². The lowest BCUT2D eigenvalue weighted by Crippen LogP contribution is -1.93. The number of aryl methyl sites for hydroxylation is 1. The highest BCUT2D eigenvalue weighted by molar-refractivity contribution is 6.33. The van der Waals surface area contributed by atoms with Crippen molar-refractivity contribution in [2.75, 3.05) is 0 Å². The molecular formula is C7H5ClN4. The van der Waals surface area contributed by atoms with Crippen LogP contribution in [0, 0.1) is 6.92 Å². The maximum atomic E-state index is 5.79. The van der Waals surface area contributed by atoms with Crippen molar-refractivity contribution in [1.82, 2.24) is 20.2 Å². The summed E-state index contributed by atoms with van der Waals surface area (Å²) in [6.45, 7) is 1.76. The third kappa shape index (κ3) is 1.10. The predicted molar refractivity (Wildman–Crippen MR) is 44.9 cm³/mol. The zero-order valence-electron chi connectivity index (χ0n) is 6.32. The molecule has 0 amide bonds. The number of nitrogens with zero attached hydrogens (tertiary/aromatic N) is 4. The maximum absolute atomic E-state index is 5.79. The van der Waals surface area contributed by atoms with E-state index in [9.17, 15) is 0 Å². The Morgan fingerprint density at radius 3 is 3.00 bits per heavy atom. The Balaban J connectivity index is 2.88. The number of hydrogen-bond donors (Lipinski definition) is 0. The Bertz CT molecular complexity index is 429. The first-order chi connectivity index (χ1) is 5.77. The molecule has 0 saturated carbocycles.